The predicted molar refractivity (Wildman–Crippen MR) is 74.2 cm³/mol. The summed E-state index contributed by atoms with van der Waals surface area (Å²) in [5.41, 5.74) is -0.886. The van der Waals surface area contributed by atoms with Gasteiger partial charge >= 0.3 is 0 Å². The van der Waals surface area contributed by atoms with Gasteiger partial charge in [-0.05, 0) is 24.3 Å². The molecule has 1 N–H and O–H groups in total. The van der Waals surface area contributed by atoms with Gasteiger partial charge in [-0.15, -0.1) is 24.8 Å². The molecule has 0 aromatic carbocycles. The van der Waals surface area contributed by atoms with E-state index in [1.807, 2.05) is 11.8 Å². The summed E-state index contributed by atoms with van der Waals surface area (Å²) in [6, 6.07) is 0. The first-order valence-corrected chi connectivity index (χ1v) is 6.64. The number of alkyl halides is 1. The van der Waals surface area contributed by atoms with Crippen LogP contribution in [0.1, 0.15) is 12.8 Å². The average Bonchev–Trinajstić information content (AvgIpc) is 2.19. The molecule has 0 amide bonds. The molecule has 2 fully saturated rings. The molecule has 2 saturated heterocycles. The molecule has 98 valence electrons. The number of nitrogens with zero attached hydrogens (tertiary/aromatic N) is 1. The topological polar surface area (TPSA) is 15.3 Å². The molecule has 6 heteroatoms. The molecule has 2 rings (SSSR count). The van der Waals surface area contributed by atoms with Crippen molar-refractivity contribution in [1.29, 1.82) is 0 Å². The van der Waals surface area contributed by atoms with Crippen LogP contribution in [0.3, 0.4) is 0 Å². The Morgan fingerprint density at radius 3 is 2.25 bits per heavy atom. The second-order valence-corrected chi connectivity index (χ2v) is 5.51. The second-order valence-electron chi connectivity index (χ2n) is 4.29. The molecule has 0 saturated carbocycles. The molecule has 2 heterocycles. The Morgan fingerprint density at radius 2 is 1.69 bits per heavy atom. The van der Waals surface area contributed by atoms with Crippen molar-refractivity contribution < 1.29 is 4.39 Å². The van der Waals surface area contributed by atoms with Crippen molar-refractivity contribution in [2.24, 2.45) is 0 Å². The van der Waals surface area contributed by atoms with Crippen molar-refractivity contribution in [3.05, 3.63) is 0 Å². The van der Waals surface area contributed by atoms with Gasteiger partial charge in [0.1, 0.15) is 5.67 Å². The standard InChI is InChI=1S/C10H19FN2S.2ClH/c11-10(1-7-14-8-2-10)9-13-5-3-12-4-6-13;;/h12H,1-9H2;2*1H. The quantitative estimate of drug-likeness (QED) is 0.837. The molecule has 0 spiro atoms. The number of rotatable bonds is 2. The molecule has 16 heavy (non-hydrogen) atoms. The van der Waals surface area contributed by atoms with E-state index in [4.69, 9.17) is 0 Å². The van der Waals surface area contributed by atoms with Crippen LogP contribution in [0.25, 0.3) is 0 Å². The van der Waals surface area contributed by atoms with Gasteiger partial charge in [0.2, 0.25) is 0 Å². The normalized spacial score (nSPS) is 25.3. The van der Waals surface area contributed by atoms with Gasteiger partial charge in [0, 0.05) is 32.7 Å². The maximum absolute atomic E-state index is 14.3. The van der Waals surface area contributed by atoms with Crippen molar-refractivity contribution in [2.75, 3.05) is 44.2 Å². The smallest absolute Gasteiger partial charge is 0.125 e. The molecule has 0 unspecified atom stereocenters. The maximum atomic E-state index is 14.3. The van der Waals surface area contributed by atoms with Gasteiger partial charge in [0.05, 0.1) is 0 Å². The largest absolute Gasteiger partial charge is 0.314 e. The zero-order valence-electron chi connectivity index (χ0n) is 9.41. The Bertz CT molecular complexity index is 186. The maximum Gasteiger partial charge on any atom is 0.125 e. The fraction of sp³-hybridized carbons (Fsp3) is 1.00. The minimum Gasteiger partial charge on any atom is -0.314 e. The Balaban J connectivity index is 0.00000112. The van der Waals surface area contributed by atoms with Crippen LogP contribution in [-0.2, 0) is 0 Å². The fourth-order valence-electron chi connectivity index (χ4n) is 2.17. The van der Waals surface area contributed by atoms with Crippen molar-refractivity contribution in [3.8, 4) is 0 Å². The van der Waals surface area contributed by atoms with Gasteiger partial charge in [-0.3, -0.25) is 4.90 Å². The van der Waals surface area contributed by atoms with Crippen molar-refractivity contribution in [1.82, 2.24) is 10.2 Å². The van der Waals surface area contributed by atoms with Gasteiger partial charge in [-0.25, -0.2) is 4.39 Å². The third kappa shape index (κ3) is 4.96. The lowest BCUT2D eigenvalue weighted by Crippen LogP contribution is -2.50. The molecule has 0 atom stereocenters. The van der Waals surface area contributed by atoms with Crippen LogP contribution < -0.4 is 5.32 Å². The lowest BCUT2D eigenvalue weighted by atomic mass is 9.98. The molecule has 0 aromatic rings. The molecule has 0 aromatic heterocycles. The molecule has 2 aliphatic rings. The Kier molecular flexibility index (Phi) is 8.37. The number of halogens is 3. The Hall–Kier alpha value is 0.780. The molecule has 2 aliphatic heterocycles. The molecule has 2 nitrogen and oxygen atoms in total. The van der Waals surface area contributed by atoms with E-state index < -0.39 is 5.67 Å². The molecule has 0 aliphatic carbocycles. The van der Waals surface area contributed by atoms with E-state index in [1.165, 1.54) is 0 Å². The monoisotopic (exact) mass is 290 g/mol. The summed E-state index contributed by atoms with van der Waals surface area (Å²) in [6.45, 7) is 4.72. The number of thioether (sulfide) groups is 1. The molecular weight excluding hydrogens is 270 g/mol. The van der Waals surface area contributed by atoms with Gasteiger partial charge in [-0.2, -0.15) is 11.8 Å². The van der Waals surface area contributed by atoms with Crippen molar-refractivity contribution >= 4 is 36.6 Å². The highest BCUT2D eigenvalue weighted by Gasteiger charge is 2.34. The Labute approximate surface area is 114 Å². The van der Waals surface area contributed by atoms with Crippen molar-refractivity contribution in [2.45, 2.75) is 18.5 Å². The third-order valence-corrected chi connectivity index (χ3v) is 4.09. The molecule has 0 bridgehead atoms. The number of hydrogen-bond donors (Lipinski definition) is 1. The molecule has 0 radical (unpaired) electrons. The first-order valence-electron chi connectivity index (χ1n) is 5.48. The lowest BCUT2D eigenvalue weighted by Gasteiger charge is -2.36. The van der Waals surface area contributed by atoms with E-state index in [9.17, 15) is 4.39 Å². The van der Waals surface area contributed by atoms with Gasteiger partial charge < -0.3 is 5.32 Å². The summed E-state index contributed by atoms with van der Waals surface area (Å²) in [6.07, 6.45) is 1.50. The Morgan fingerprint density at radius 1 is 1.12 bits per heavy atom. The summed E-state index contributed by atoms with van der Waals surface area (Å²) in [4.78, 5) is 2.27. The van der Waals surface area contributed by atoms with Crippen molar-refractivity contribution in [3.63, 3.8) is 0 Å². The minimum absolute atomic E-state index is 0. The van der Waals surface area contributed by atoms with E-state index in [2.05, 4.69) is 10.2 Å². The zero-order chi connectivity index (χ0) is 9.86. The summed E-state index contributed by atoms with van der Waals surface area (Å²) in [5.74, 6) is 2.01. The van der Waals surface area contributed by atoms with Gasteiger partial charge in [0.25, 0.3) is 0 Å². The molecular formula is C10H21Cl2FN2S. The van der Waals surface area contributed by atoms with Gasteiger partial charge in [0.15, 0.2) is 0 Å². The van der Waals surface area contributed by atoms with Crippen LogP contribution in [-0.4, -0.2) is 54.8 Å². The predicted octanol–water partition coefficient (Wildman–Crippen LogP) is 1.97. The van der Waals surface area contributed by atoms with E-state index in [-0.39, 0.29) is 24.8 Å². The summed E-state index contributed by atoms with van der Waals surface area (Å²) < 4.78 is 14.3. The number of piperazine rings is 1. The average molecular weight is 291 g/mol. The van der Waals surface area contributed by atoms with E-state index in [1.54, 1.807) is 0 Å². The third-order valence-electron chi connectivity index (χ3n) is 3.11. The van der Waals surface area contributed by atoms with Crippen LogP contribution in [0.5, 0.6) is 0 Å². The van der Waals surface area contributed by atoms with Crippen LogP contribution in [0.15, 0.2) is 0 Å². The highest BCUT2D eigenvalue weighted by atomic mass is 35.5. The summed E-state index contributed by atoms with van der Waals surface area (Å²) in [5, 5.41) is 3.30. The fourth-order valence-corrected chi connectivity index (χ4v) is 3.39. The first-order chi connectivity index (χ1) is 6.79. The number of nitrogens with one attached hydrogen (secondary N) is 1. The van der Waals surface area contributed by atoms with E-state index in [0.717, 1.165) is 50.5 Å². The van der Waals surface area contributed by atoms with E-state index >= 15 is 0 Å². The lowest BCUT2D eigenvalue weighted by molar-refractivity contribution is 0.0769. The van der Waals surface area contributed by atoms with E-state index in [0.29, 0.717) is 6.54 Å². The second kappa shape index (κ2) is 7.98. The van der Waals surface area contributed by atoms with Crippen LogP contribution in [0.2, 0.25) is 0 Å². The first kappa shape index (κ1) is 16.8. The zero-order valence-corrected chi connectivity index (χ0v) is 11.9. The number of hydrogen-bond acceptors (Lipinski definition) is 3. The van der Waals surface area contributed by atoms with Crippen LogP contribution in [0.4, 0.5) is 4.39 Å². The SMILES string of the molecule is Cl.Cl.FC1(CN2CCNCC2)CCSCC1. The summed E-state index contributed by atoms with van der Waals surface area (Å²) in [7, 11) is 0. The van der Waals surface area contributed by atoms with Crippen LogP contribution in [0, 0.1) is 0 Å². The van der Waals surface area contributed by atoms with Crippen LogP contribution >= 0.6 is 36.6 Å². The highest BCUT2D eigenvalue weighted by molar-refractivity contribution is 7.99. The highest BCUT2D eigenvalue weighted by Crippen LogP contribution is 2.31. The van der Waals surface area contributed by atoms with Gasteiger partial charge in [-0.1, -0.05) is 0 Å². The summed E-state index contributed by atoms with van der Waals surface area (Å²) >= 11 is 1.89. The minimum atomic E-state index is -0.886.